The highest BCUT2D eigenvalue weighted by Gasteiger charge is 2.27. The number of hydrogen-bond donors (Lipinski definition) is 2. The lowest BCUT2D eigenvalue weighted by atomic mass is 9.93. The maximum Gasteiger partial charge on any atom is 0.327 e. The number of halogens is 2. The third-order valence-corrected chi connectivity index (χ3v) is 7.80. The second kappa shape index (κ2) is 12.7. The predicted octanol–water partition coefficient (Wildman–Crippen LogP) is 4.55. The van der Waals surface area contributed by atoms with Crippen LogP contribution in [-0.2, 0) is 21.0 Å². The summed E-state index contributed by atoms with van der Waals surface area (Å²) in [4.78, 5) is 33.3. The molecule has 0 spiro atoms. The summed E-state index contributed by atoms with van der Waals surface area (Å²) in [5.41, 5.74) is 5.21. The molecule has 1 aliphatic rings. The lowest BCUT2D eigenvalue weighted by Crippen LogP contribution is -2.43. The molecule has 0 radical (unpaired) electrons. The van der Waals surface area contributed by atoms with Crippen LogP contribution in [0.4, 0.5) is 14.5 Å². The van der Waals surface area contributed by atoms with Crippen LogP contribution in [0.3, 0.4) is 0 Å². The molecule has 0 aliphatic heterocycles. The molecule has 4 aromatic rings. The molecule has 0 saturated heterocycles. The number of rotatable bonds is 10. The minimum Gasteiger partial charge on any atom is -0.441 e. The summed E-state index contributed by atoms with van der Waals surface area (Å²) in [6, 6.07) is 1.89. The van der Waals surface area contributed by atoms with Crippen molar-refractivity contribution in [1.29, 1.82) is 0 Å². The Labute approximate surface area is 250 Å². The average molecular weight is 615 g/mol. The van der Waals surface area contributed by atoms with Crippen molar-refractivity contribution in [3.8, 4) is 22.0 Å². The summed E-state index contributed by atoms with van der Waals surface area (Å²) >= 11 is 1.21. The zero-order valence-electron chi connectivity index (χ0n) is 23.9. The molecule has 4 aromatic heterocycles. The van der Waals surface area contributed by atoms with E-state index in [0.29, 0.717) is 17.2 Å². The summed E-state index contributed by atoms with van der Waals surface area (Å²) in [5.74, 6) is -2.78. The summed E-state index contributed by atoms with van der Waals surface area (Å²) in [5, 5.41) is 13.5. The summed E-state index contributed by atoms with van der Waals surface area (Å²) in [6.45, 7) is 5.55. The smallest absolute Gasteiger partial charge is 0.327 e. The van der Waals surface area contributed by atoms with Crippen molar-refractivity contribution < 1.29 is 27.8 Å². The number of aromatic nitrogens is 6. The molecule has 228 valence electrons. The molecular weight excluding hydrogens is 582 g/mol. The van der Waals surface area contributed by atoms with Gasteiger partial charge in [-0.1, -0.05) is 0 Å². The lowest BCUT2D eigenvalue weighted by molar-refractivity contribution is -0.153. The third kappa shape index (κ3) is 7.12. The minimum absolute atomic E-state index is 0.00432. The number of anilines is 1. The van der Waals surface area contributed by atoms with Gasteiger partial charge in [-0.3, -0.25) is 14.3 Å². The van der Waals surface area contributed by atoms with E-state index in [4.69, 9.17) is 15.2 Å². The van der Waals surface area contributed by atoms with E-state index >= 15 is 0 Å². The van der Waals surface area contributed by atoms with Gasteiger partial charge in [-0.25, -0.2) is 19.0 Å². The van der Waals surface area contributed by atoms with Crippen molar-refractivity contribution in [3.63, 3.8) is 0 Å². The molecule has 0 aromatic carbocycles. The van der Waals surface area contributed by atoms with Crippen LogP contribution in [-0.4, -0.2) is 59.7 Å². The Morgan fingerprint density at radius 3 is 2.63 bits per heavy atom. The van der Waals surface area contributed by atoms with Crippen LogP contribution < -0.4 is 11.1 Å². The average Bonchev–Trinajstić information content (AvgIpc) is 3.73. The van der Waals surface area contributed by atoms with Crippen LogP contribution in [0.15, 0.2) is 36.1 Å². The molecule has 1 saturated carbocycles. The standard InChI is InChI=1S/C28H32F2N8O4S/c1-4-41-18-7-5-17(6-8-18)38-13-20(24(36-38)23-19(29)9-10-22(30)35-23)33-25(39)21-14-43-26(34-21)16-11-32-37(12-16)15-42-27(40)28(2,3)31/h9-14,17-18H,4-8,15,31H2,1-3H3,(H,33,39)/t17-,18-. The Hall–Kier alpha value is -4.08. The molecule has 15 heteroatoms. The number of ether oxygens (including phenoxy) is 2. The Kier molecular flexibility index (Phi) is 8.94. The highest BCUT2D eigenvalue weighted by molar-refractivity contribution is 7.13. The molecular formula is C28H32F2N8O4S. The number of esters is 1. The second-order valence-electron chi connectivity index (χ2n) is 10.8. The topological polar surface area (TPSA) is 152 Å². The van der Waals surface area contributed by atoms with Crippen LogP contribution in [0.25, 0.3) is 22.0 Å². The molecule has 0 atom stereocenters. The van der Waals surface area contributed by atoms with Crippen molar-refractivity contribution in [1.82, 2.24) is 29.5 Å². The van der Waals surface area contributed by atoms with Gasteiger partial charge < -0.3 is 20.5 Å². The van der Waals surface area contributed by atoms with Crippen molar-refractivity contribution in [3.05, 3.63) is 53.6 Å². The van der Waals surface area contributed by atoms with Gasteiger partial charge >= 0.3 is 5.97 Å². The first kappa shape index (κ1) is 30.4. The van der Waals surface area contributed by atoms with E-state index in [1.165, 1.54) is 22.2 Å². The number of nitrogens with one attached hydrogen (secondary N) is 1. The molecule has 1 fully saturated rings. The van der Waals surface area contributed by atoms with E-state index in [1.54, 1.807) is 36.3 Å². The van der Waals surface area contributed by atoms with E-state index in [0.717, 1.165) is 37.8 Å². The number of pyridine rings is 1. The number of carbonyl (C=O) groups excluding carboxylic acids is 2. The molecule has 4 heterocycles. The van der Waals surface area contributed by atoms with Gasteiger partial charge in [0.1, 0.15) is 27.6 Å². The number of thiazole rings is 1. The summed E-state index contributed by atoms with van der Waals surface area (Å²) in [7, 11) is 0. The second-order valence-corrected chi connectivity index (χ2v) is 11.6. The summed E-state index contributed by atoms with van der Waals surface area (Å²) < 4.78 is 42.8. The fourth-order valence-corrected chi connectivity index (χ4v) is 5.47. The van der Waals surface area contributed by atoms with Gasteiger partial charge in [-0.05, 0) is 58.6 Å². The van der Waals surface area contributed by atoms with E-state index in [9.17, 15) is 18.4 Å². The quantitative estimate of drug-likeness (QED) is 0.194. The highest BCUT2D eigenvalue weighted by Crippen LogP contribution is 2.34. The fourth-order valence-electron chi connectivity index (χ4n) is 4.69. The van der Waals surface area contributed by atoms with E-state index in [-0.39, 0.29) is 41.6 Å². The molecule has 0 bridgehead atoms. The Morgan fingerprint density at radius 2 is 1.91 bits per heavy atom. The van der Waals surface area contributed by atoms with Gasteiger partial charge in [0, 0.05) is 29.9 Å². The van der Waals surface area contributed by atoms with Crippen molar-refractivity contribution in [2.24, 2.45) is 5.73 Å². The zero-order chi connectivity index (χ0) is 30.7. The van der Waals surface area contributed by atoms with Gasteiger partial charge in [-0.2, -0.15) is 14.6 Å². The molecule has 1 aliphatic carbocycles. The Balaban J connectivity index is 1.34. The first-order valence-electron chi connectivity index (χ1n) is 13.8. The fraction of sp³-hybridized carbons (Fsp3) is 0.429. The van der Waals surface area contributed by atoms with Crippen LogP contribution in [0, 0.1) is 11.8 Å². The first-order chi connectivity index (χ1) is 20.5. The zero-order valence-corrected chi connectivity index (χ0v) is 24.7. The third-order valence-electron chi connectivity index (χ3n) is 6.91. The van der Waals surface area contributed by atoms with Gasteiger partial charge in [0.25, 0.3) is 5.91 Å². The van der Waals surface area contributed by atoms with E-state index < -0.39 is 29.2 Å². The van der Waals surface area contributed by atoms with Gasteiger partial charge in [0.2, 0.25) is 5.95 Å². The van der Waals surface area contributed by atoms with E-state index in [1.807, 2.05) is 6.92 Å². The van der Waals surface area contributed by atoms with Crippen molar-refractivity contribution >= 4 is 28.9 Å². The minimum atomic E-state index is -1.14. The number of carbonyl (C=O) groups is 2. The molecule has 3 N–H and O–H groups in total. The molecule has 1 amide bonds. The van der Waals surface area contributed by atoms with Crippen molar-refractivity contribution in [2.75, 3.05) is 11.9 Å². The van der Waals surface area contributed by atoms with Gasteiger partial charge in [-0.15, -0.1) is 11.3 Å². The van der Waals surface area contributed by atoms with Crippen LogP contribution >= 0.6 is 11.3 Å². The van der Waals surface area contributed by atoms with Crippen LogP contribution in [0.5, 0.6) is 0 Å². The maximum absolute atomic E-state index is 14.8. The highest BCUT2D eigenvalue weighted by atomic mass is 32.1. The van der Waals surface area contributed by atoms with Gasteiger partial charge in [0.05, 0.1) is 24.0 Å². The van der Waals surface area contributed by atoms with Crippen LogP contribution in [0.1, 0.15) is 63.0 Å². The largest absolute Gasteiger partial charge is 0.441 e. The molecule has 5 rings (SSSR count). The van der Waals surface area contributed by atoms with Gasteiger partial charge in [0.15, 0.2) is 12.5 Å². The normalized spacial score (nSPS) is 17.2. The molecule has 0 unspecified atom stereocenters. The first-order valence-corrected chi connectivity index (χ1v) is 14.7. The number of hydrogen-bond acceptors (Lipinski definition) is 10. The van der Waals surface area contributed by atoms with Crippen LogP contribution in [0.2, 0.25) is 0 Å². The van der Waals surface area contributed by atoms with Crippen molar-refractivity contribution in [2.45, 2.75) is 70.9 Å². The number of nitrogens with two attached hydrogens (primary N) is 1. The molecule has 43 heavy (non-hydrogen) atoms. The monoisotopic (exact) mass is 614 g/mol. The molecule has 12 nitrogen and oxygen atoms in total. The summed E-state index contributed by atoms with van der Waals surface area (Å²) in [6.07, 6.45) is 8.19. The SMILES string of the molecule is CCO[C@H]1CC[C@H](n2cc(NC(=O)c3csc(-c4cnn(COC(=O)C(C)(C)N)c4)n3)c(-c3nc(F)ccc3F)n2)CC1. The number of amides is 1. The number of nitrogens with zero attached hydrogens (tertiary/aromatic N) is 6. The predicted molar refractivity (Wildman–Crippen MR) is 154 cm³/mol. The lowest BCUT2D eigenvalue weighted by Gasteiger charge is -2.28. The maximum atomic E-state index is 14.8. The van der Waals surface area contributed by atoms with E-state index in [2.05, 4.69) is 25.5 Å². The Morgan fingerprint density at radius 1 is 1.14 bits per heavy atom. The Bertz CT molecular complexity index is 1600.